The van der Waals surface area contributed by atoms with Crippen molar-refractivity contribution in [1.82, 2.24) is 0 Å². The minimum absolute atomic E-state index is 0.121. The van der Waals surface area contributed by atoms with Crippen molar-refractivity contribution >= 4 is 44.6 Å². The summed E-state index contributed by atoms with van der Waals surface area (Å²) in [7, 11) is -3.99. The van der Waals surface area contributed by atoms with E-state index in [1.54, 1.807) is 49.4 Å². The van der Waals surface area contributed by atoms with E-state index in [1.165, 1.54) is 19.3 Å². The van der Waals surface area contributed by atoms with Crippen LogP contribution in [-0.2, 0) is 14.8 Å². The van der Waals surface area contributed by atoms with E-state index in [9.17, 15) is 13.2 Å². The Balaban J connectivity index is 1.57. The second kappa shape index (κ2) is 10.7. The smallest absolute Gasteiger partial charge is 0.264 e. The lowest BCUT2D eigenvalue weighted by Crippen LogP contribution is -2.38. The third kappa shape index (κ3) is 5.97. The molecule has 0 unspecified atom stereocenters. The third-order valence-electron chi connectivity index (χ3n) is 6.20. The van der Waals surface area contributed by atoms with Crippen molar-refractivity contribution in [2.75, 3.05) is 34.2 Å². The van der Waals surface area contributed by atoms with E-state index in [-0.39, 0.29) is 11.4 Å². The number of benzene rings is 3. The number of rotatable bonds is 7. The molecule has 0 atom stereocenters. The number of anilines is 3. The molecule has 1 heterocycles. The van der Waals surface area contributed by atoms with Crippen LogP contribution in [-0.4, -0.2) is 34.0 Å². The van der Waals surface area contributed by atoms with Gasteiger partial charge in [0.1, 0.15) is 6.54 Å². The molecule has 0 radical (unpaired) electrons. The molecule has 1 N–H and O–H groups in total. The fourth-order valence-corrected chi connectivity index (χ4v) is 5.99. The molecule has 1 saturated heterocycles. The van der Waals surface area contributed by atoms with E-state index in [2.05, 4.69) is 10.2 Å². The molecule has 184 valence electrons. The van der Waals surface area contributed by atoms with Crippen LogP contribution in [0, 0.1) is 13.8 Å². The molecule has 3 aromatic carbocycles. The van der Waals surface area contributed by atoms with E-state index in [0.29, 0.717) is 22.0 Å². The first-order chi connectivity index (χ1) is 16.7. The molecule has 0 aliphatic carbocycles. The van der Waals surface area contributed by atoms with Crippen molar-refractivity contribution < 1.29 is 13.2 Å². The molecule has 0 bridgehead atoms. The molecular formula is C27H30ClN3O3S. The van der Waals surface area contributed by atoms with Crippen molar-refractivity contribution in [3.05, 3.63) is 82.9 Å². The van der Waals surface area contributed by atoms with Crippen molar-refractivity contribution in [3.8, 4) is 0 Å². The van der Waals surface area contributed by atoms with Crippen LogP contribution in [0.4, 0.5) is 17.1 Å². The lowest BCUT2D eigenvalue weighted by atomic mass is 10.1. The summed E-state index contributed by atoms with van der Waals surface area (Å²) in [4.78, 5) is 15.5. The van der Waals surface area contributed by atoms with Crippen LogP contribution in [0.2, 0.25) is 5.02 Å². The van der Waals surface area contributed by atoms with Crippen LogP contribution >= 0.6 is 11.6 Å². The number of nitrogens with one attached hydrogen (secondary N) is 1. The van der Waals surface area contributed by atoms with Gasteiger partial charge in [-0.15, -0.1) is 0 Å². The Labute approximate surface area is 212 Å². The fourth-order valence-electron chi connectivity index (χ4n) is 4.27. The van der Waals surface area contributed by atoms with Crippen LogP contribution in [0.25, 0.3) is 0 Å². The number of piperidine rings is 1. The van der Waals surface area contributed by atoms with Gasteiger partial charge in [-0.2, -0.15) is 0 Å². The zero-order valence-corrected chi connectivity index (χ0v) is 21.6. The number of carbonyl (C=O) groups is 1. The monoisotopic (exact) mass is 511 g/mol. The van der Waals surface area contributed by atoms with E-state index in [0.717, 1.165) is 28.6 Å². The predicted molar refractivity (Wildman–Crippen MR) is 143 cm³/mol. The molecule has 35 heavy (non-hydrogen) atoms. The third-order valence-corrected chi connectivity index (χ3v) is 8.21. The Morgan fingerprint density at radius 2 is 1.60 bits per heavy atom. The Hall–Kier alpha value is -3.03. The largest absolute Gasteiger partial charge is 0.372 e. The highest BCUT2D eigenvalue weighted by Crippen LogP contribution is 2.29. The summed E-state index contributed by atoms with van der Waals surface area (Å²) in [5.74, 6) is -0.430. The fraction of sp³-hybridized carbons (Fsp3) is 0.296. The highest BCUT2D eigenvalue weighted by atomic mass is 35.5. The molecule has 1 fully saturated rings. The van der Waals surface area contributed by atoms with Gasteiger partial charge in [-0.1, -0.05) is 29.3 Å². The molecule has 1 aliphatic heterocycles. The molecule has 4 rings (SSSR count). The Kier molecular flexibility index (Phi) is 7.67. The number of carbonyl (C=O) groups excluding carboxylic acids is 1. The normalized spacial score (nSPS) is 14.0. The summed E-state index contributed by atoms with van der Waals surface area (Å²) in [5, 5.41) is 3.34. The maximum Gasteiger partial charge on any atom is 0.264 e. The van der Waals surface area contributed by atoms with E-state index in [1.807, 2.05) is 31.2 Å². The molecule has 1 aliphatic rings. The SMILES string of the molecule is Cc1ccc(S(=O)(=O)N(CC(=O)Nc2ccc(N3CCCCC3)cc2)c2ccc(Cl)cc2C)cc1. The first kappa shape index (κ1) is 25.1. The molecule has 8 heteroatoms. The Morgan fingerprint density at radius 3 is 2.23 bits per heavy atom. The molecule has 0 aromatic heterocycles. The van der Waals surface area contributed by atoms with Crippen molar-refractivity contribution in [1.29, 1.82) is 0 Å². The average molecular weight is 512 g/mol. The number of hydrogen-bond donors (Lipinski definition) is 1. The average Bonchev–Trinajstić information content (AvgIpc) is 2.84. The summed E-state index contributed by atoms with van der Waals surface area (Å²) in [6.45, 7) is 5.38. The summed E-state index contributed by atoms with van der Waals surface area (Å²) in [6.07, 6.45) is 3.64. The number of amides is 1. The van der Waals surface area contributed by atoms with E-state index >= 15 is 0 Å². The molecule has 1 amide bonds. The second-order valence-electron chi connectivity index (χ2n) is 8.90. The lowest BCUT2D eigenvalue weighted by molar-refractivity contribution is -0.114. The van der Waals surface area contributed by atoms with Gasteiger partial charge >= 0.3 is 0 Å². The van der Waals surface area contributed by atoms with Gasteiger partial charge in [-0.3, -0.25) is 9.10 Å². The van der Waals surface area contributed by atoms with Crippen LogP contribution < -0.4 is 14.5 Å². The first-order valence-electron chi connectivity index (χ1n) is 11.7. The number of sulfonamides is 1. The highest BCUT2D eigenvalue weighted by Gasteiger charge is 2.28. The van der Waals surface area contributed by atoms with Gasteiger partial charge in [-0.25, -0.2) is 8.42 Å². The summed E-state index contributed by atoms with van der Waals surface area (Å²) >= 11 is 6.10. The predicted octanol–water partition coefficient (Wildman–Crippen LogP) is 5.78. The first-order valence-corrected chi connectivity index (χ1v) is 13.6. The van der Waals surface area contributed by atoms with Gasteiger partial charge in [-0.05, 0) is 93.3 Å². The molecule has 0 spiro atoms. The molecular weight excluding hydrogens is 482 g/mol. The Bertz CT molecular complexity index is 1290. The maximum atomic E-state index is 13.6. The van der Waals surface area contributed by atoms with Crippen molar-refractivity contribution in [3.63, 3.8) is 0 Å². The second-order valence-corrected chi connectivity index (χ2v) is 11.2. The van der Waals surface area contributed by atoms with E-state index in [4.69, 9.17) is 11.6 Å². The summed E-state index contributed by atoms with van der Waals surface area (Å²) in [6, 6.07) is 19.2. The number of hydrogen-bond acceptors (Lipinski definition) is 4. The number of nitrogens with zero attached hydrogens (tertiary/aromatic N) is 2. The maximum absolute atomic E-state index is 13.6. The highest BCUT2D eigenvalue weighted by molar-refractivity contribution is 7.92. The van der Waals surface area contributed by atoms with Gasteiger partial charge in [0.05, 0.1) is 10.6 Å². The quantitative estimate of drug-likeness (QED) is 0.436. The van der Waals surface area contributed by atoms with Gasteiger partial charge in [0.2, 0.25) is 5.91 Å². The lowest BCUT2D eigenvalue weighted by Gasteiger charge is -2.29. The van der Waals surface area contributed by atoms with Crippen molar-refractivity contribution in [2.24, 2.45) is 0 Å². The summed E-state index contributed by atoms with van der Waals surface area (Å²) < 4.78 is 28.3. The molecule has 6 nitrogen and oxygen atoms in total. The molecule has 0 saturated carbocycles. The van der Waals surface area contributed by atoms with Crippen LogP contribution in [0.3, 0.4) is 0 Å². The topological polar surface area (TPSA) is 69.7 Å². The minimum Gasteiger partial charge on any atom is -0.372 e. The van der Waals surface area contributed by atoms with Crippen LogP contribution in [0.15, 0.2) is 71.6 Å². The summed E-state index contributed by atoms with van der Waals surface area (Å²) in [5.41, 5.74) is 3.76. The van der Waals surface area contributed by atoms with Crippen LogP contribution in [0.5, 0.6) is 0 Å². The van der Waals surface area contributed by atoms with Gasteiger partial charge in [0, 0.05) is 29.5 Å². The van der Waals surface area contributed by atoms with Crippen LogP contribution in [0.1, 0.15) is 30.4 Å². The molecule has 3 aromatic rings. The zero-order chi connectivity index (χ0) is 25.0. The minimum atomic E-state index is -3.99. The van der Waals surface area contributed by atoms with E-state index < -0.39 is 15.9 Å². The van der Waals surface area contributed by atoms with Gasteiger partial charge < -0.3 is 10.2 Å². The zero-order valence-electron chi connectivity index (χ0n) is 20.0. The van der Waals surface area contributed by atoms with Gasteiger partial charge in [0.15, 0.2) is 0 Å². The number of aryl methyl sites for hydroxylation is 2. The number of halogens is 1. The standard InChI is InChI=1S/C27H30ClN3O3S/c1-20-6-13-25(14-7-20)35(33,34)31(26-15-8-22(28)18-21(26)2)19-27(32)29-23-9-11-24(12-10-23)30-16-4-3-5-17-30/h6-15,18H,3-5,16-17,19H2,1-2H3,(H,29,32). The van der Waals surface area contributed by atoms with Gasteiger partial charge in [0.25, 0.3) is 10.0 Å². The Morgan fingerprint density at radius 1 is 0.943 bits per heavy atom. The van der Waals surface area contributed by atoms with Crippen molar-refractivity contribution in [2.45, 2.75) is 38.0 Å².